The Hall–Kier alpha value is -3.89. The molecule has 34 heavy (non-hydrogen) atoms. The zero-order valence-electron chi connectivity index (χ0n) is 18.0. The van der Waals surface area contributed by atoms with Gasteiger partial charge in [0.25, 0.3) is 11.5 Å². The second kappa shape index (κ2) is 8.15. The van der Waals surface area contributed by atoms with E-state index in [4.69, 9.17) is 0 Å². The Kier molecular flexibility index (Phi) is 5.26. The van der Waals surface area contributed by atoms with Crippen LogP contribution in [0.3, 0.4) is 0 Å². The van der Waals surface area contributed by atoms with Gasteiger partial charge in [0.1, 0.15) is 11.8 Å². The van der Waals surface area contributed by atoms with Crippen molar-refractivity contribution in [1.29, 1.82) is 0 Å². The lowest BCUT2D eigenvalue weighted by atomic mass is 9.98. The molecular weight excluding hydrogens is 474 g/mol. The summed E-state index contributed by atoms with van der Waals surface area (Å²) in [7, 11) is 0. The molecule has 10 heteroatoms. The third-order valence-corrected chi connectivity index (χ3v) is 7.76. The van der Waals surface area contributed by atoms with E-state index in [0.29, 0.717) is 20.7 Å². The number of aliphatic hydroxyl groups is 1. The van der Waals surface area contributed by atoms with Gasteiger partial charge in [-0.15, -0.1) is 11.3 Å². The maximum atomic E-state index is 13.2. The SMILES string of the molecule is Cc1ccc(/C(O)=C2\C(=O)C(=O)N(c3nc4ccc([N+](=O)[O-])cc4s3)C2c2cccs2)cc1C. The van der Waals surface area contributed by atoms with Crippen LogP contribution in [0.4, 0.5) is 10.8 Å². The Bertz CT molecular complexity index is 1520. The number of non-ortho nitro benzene ring substituents is 1. The smallest absolute Gasteiger partial charge is 0.301 e. The molecule has 4 aromatic rings. The number of carbonyl (C=O) groups is 2. The van der Waals surface area contributed by atoms with Crippen LogP contribution in [0, 0.1) is 24.0 Å². The lowest BCUT2D eigenvalue weighted by Gasteiger charge is -2.21. The summed E-state index contributed by atoms with van der Waals surface area (Å²) in [6, 6.07) is 12.3. The summed E-state index contributed by atoms with van der Waals surface area (Å²) in [6.07, 6.45) is 0. The first-order chi connectivity index (χ1) is 16.3. The second-order valence-corrected chi connectivity index (χ2v) is 9.88. The number of fused-ring (bicyclic) bond motifs is 1. The number of aliphatic hydroxyl groups excluding tert-OH is 1. The van der Waals surface area contributed by atoms with Gasteiger partial charge in [-0.3, -0.25) is 24.6 Å². The van der Waals surface area contributed by atoms with E-state index in [2.05, 4.69) is 4.98 Å². The maximum absolute atomic E-state index is 13.2. The number of hydrogen-bond donors (Lipinski definition) is 1. The molecule has 0 spiro atoms. The number of aryl methyl sites for hydroxylation is 2. The van der Waals surface area contributed by atoms with E-state index < -0.39 is 22.7 Å². The number of thiophene rings is 1. The molecule has 0 radical (unpaired) electrons. The third kappa shape index (κ3) is 3.47. The molecule has 3 heterocycles. The number of nitro benzene ring substituents is 1. The largest absolute Gasteiger partial charge is 0.507 e. The second-order valence-electron chi connectivity index (χ2n) is 7.89. The van der Waals surface area contributed by atoms with E-state index in [1.807, 2.05) is 25.3 Å². The average molecular weight is 492 g/mol. The van der Waals surface area contributed by atoms with E-state index in [1.54, 1.807) is 24.3 Å². The Balaban J connectivity index is 1.69. The number of rotatable bonds is 4. The molecule has 1 amide bonds. The molecule has 1 aliphatic heterocycles. The number of Topliss-reactive ketones (excluding diaryl/α,β-unsaturated/α-hetero) is 1. The molecule has 1 unspecified atom stereocenters. The van der Waals surface area contributed by atoms with E-state index in [1.165, 1.54) is 34.4 Å². The molecule has 0 bridgehead atoms. The standard InChI is InChI=1S/C24H17N3O5S2/c1-12-5-6-14(10-13(12)2)21(28)19-20(17-4-3-9-33-17)26(23(30)22(19)29)24-25-16-8-7-15(27(31)32)11-18(16)34-24/h3-11,20,28H,1-2H3/b21-19+. The van der Waals surface area contributed by atoms with Gasteiger partial charge < -0.3 is 5.11 Å². The van der Waals surface area contributed by atoms with Crippen molar-refractivity contribution in [1.82, 2.24) is 4.98 Å². The maximum Gasteiger partial charge on any atom is 0.301 e. The van der Waals surface area contributed by atoms with Crippen LogP contribution < -0.4 is 4.90 Å². The minimum absolute atomic E-state index is 0.0130. The van der Waals surface area contributed by atoms with Crippen molar-refractivity contribution in [2.24, 2.45) is 0 Å². The van der Waals surface area contributed by atoms with Crippen LogP contribution >= 0.6 is 22.7 Å². The molecule has 1 fully saturated rings. The first-order valence-corrected chi connectivity index (χ1v) is 11.9. The number of aromatic nitrogens is 1. The van der Waals surface area contributed by atoms with Gasteiger partial charge in [-0.05, 0) is 48.6 Å². The zero-order valence-corrected chi connectivity index (χ0v) is 19.6. The highest BCUT2D eigenvalue weighted by molar-refractivity contribution is 7.22. The van der Waals surface area contributed by atoms with Gasteiger partial charge in [-0.1, -0.05) is 29.5 Å². The Labute approximate surface area is 201 Å². The highest BCUT2D eigenvalue weighted by Gasteiger charge is 2.48. The molecule has 1 atom stereocenters. The normalized spacial score (nSPS) is 17.6. The molecule has 2 aromatic carbocycles. The average Bonchev–Trinajstić information content (AvgIpc) is 3.53. The van der Waals surface area contributed by atoms with Crippen molar-refractivity contribution in [2.45, 2.75) is 19.9 Å². The quantitative estimate of drug-likeness (QED) is 0.132. The summed E-state index contributed by atoms with van der Waals surface area (Å²) in [5, 5.41) is 24.4. The van der Waals surface area contributed by atoms with E-state index >= 15 is 0 Å². The van der Waals surface area contributed by atoms with Crippen LogP contribution in [0.15, 0.2) is 59.5 Å². The van der Waals surface area contributed by atoms with Crippen molar-refractivity contribution >= 4 is 61.2 Å². The molecule has 1 aliphatic rings. The Morgan fingerprint density at radius 2 is 1.91 bits per heavy atom. The number of hydrogen-bond acceptors (Lipinski definition) is 8. The number of thiazole rings is 1. The van der Waals surface area contributed by atoms with Crippen LogP contribution in [-0.4, -0.2) is 26.7 Å². The summed E-state index contributed by atoms with van der Waals surface area (Å²) in [5.74, 6) is -1.86. The predicted molar refractivity (Wildman–Crippen MR) is 131 cm³/mol. The fraction of sp³-hybridized carbons (Fsp3) is 0.125. The summed E-state index contributed by atoms with van der Waals surface area (Å²) >= 11 is 2.44. The van der Waals surface area contributed by atoms with Crippen LogP contribution in [0.25, 0.3) is 16.0 Å². The van der Waals surface area contributed by atoms with E-state index in [0.717, 1.165) is 22.5 Å². The molecule has 1 N–H and O–H groups in total. The molecular formula is C24H17N3O5S2. The molecule has 0 saturated carbocycles. The number of ketones is 1. The van der Waals surface area contributed by atoms with Crippen LogP contribution in [0.2, 0.25) is 0 Å². The summed E-state index contributed by atoms with van der Waals surface area (Å²) in [4.78, 5) is 43.5. The molecule has 5 rings (SSSR count). The van der Waals surface area contributed by atoms with Gasteiger partial charge in [-0.2, -0.15) is 0 Å². The van der Waals surface area contributed by atoms with Gasteiger partial charge in [0.15, 0.2) is 5.13 Å². The number of benzene rings is 2. The molecule has 1 saturated heterocycles. The number of nitrogens with zero attached hydrogens (tertiary/aromatic N) is 3. The summed E-state index contributed by atoms with van der Waals surface area (Å²) in [6.45, 7) is 3.85. The van der Waals surface area contributed by atoms with Gasteiger partial charge in [-0.25, -0.2) is 4.98 Å². The first kappa shape index (κ1) is 21.9. The van der Waals surface area contributed by atoms with Crippen molar-refractivity contribution in [3.63, 3.8) is 0 Å². The lowest BCUT2D eigenvalue weighted by molar-refractivity contribution is -0.384. The number of anilines is 1. The van der Waals surface area contributed by atoms with Gasteiger partial charge in [0.05, 0.1) is 20.7 Å². The third-order valence-electron chi connectivity index (χ3n) is 5.82. The van der Waals surface area contributed by atoms with E-state index in [9.17, 15) is 24.8 Å². The number of nitro groups is 1. The van der Waals surface area contributed by atoms with Gasteiger partial charge in [0.2, 0.25) is 0 Å². The minimum Gasteiger partial charge on any atom is -0.507 e. The van der Waals surface area contributed by atoms with Crippen molar-refractivity contribution in [3.8, 4) is 0 Å². The van der Waals surface area contributed by atoms with Gasteiger partial charge >= 0.3 is 5.91 Å². The molecule has 8 nitrogen and oxygen atoms in total. The minimum atomic E-state index is -0.864. The highest BCUT2D eigenvalue weighted by atomic mass is 32.1. The molecule has 0 aliphatic carbocycles. The highest BCUT2D eigenvalue weighted by Crippen LogP contribution is 2.45. The topological polar surface area (TPSA) is 114 Å². The molecule has 2 aromatic heterocycles. The Morgan fingerprint density at radius 3 is 2.59 bits per heavy atom. The summed E-state index contributed by atoms with van der Waals surface area (Å²) < 4.78 is 0.519. The number of amides is 1. The predicted octanol–water partition coefficient (Wildman–Crippen LogP) is 5.51. The summed E-state index contributed by atoms with van der Waals surface area (Å²) in [5.41, 5.74) is 2.80. The van der Waals surface area contributed by atoms with Crippen molar-refractivity contribution in [3.05, 3.63) is 91.2 Å². The van der Waals surface area contributed by atoms with Gasteiger partial charge in [0, 0.05) is 22.6 Å². The lowest BCUT2D eigenvalue weighted by Crippen LogP contribution is -2.28. The van der Waals surface area contributed by atoms with Crippen LogP contribution in [0.1, 0.15) is 27.6 Å². The zero-order chi connectivity index (χ0) is 24.1. The Morgan fingerprint density at radius 1 is 1.12 bits per heavy atom. The first-order valence-electron chi connectivity index (χ1n) is 10.2. The van der Waals surface area contributed by atoms with Crippen molar-refractivity contribution < 1.29 is 19.6 Å². The van der Waals surface area contributed by atoms with Crippen LogP contribution in [-0.2, 0) is 9.59 Å². The number of carbonyl (C=O) groups excluding carboxylic acids is 2. The monoisotopic (exact) mass is 491 g/mol. The van der Waals surface area contributed by atoms with E-state index in [-0.39, 0.29) is 22.2 Å². The fourth-order valence-corrected chi connectivity index (χ4v) is 5.76. The molecule has 170 valence electrons. The fourth-order valence-electron chi connectivity index (χ4n) is 3.91. The van der Waals surface area contributed by atoms with Crippen molar-refractivity contribution in [2.75, 3.05) is 4.90 Å². The van der Waals surface area contributed by atoms with Crippen LogP contribution in [0.5, 0.6) is 0 Å².